The summed E-state index contributed by atoms with van der Waals surface area (Å²) in [6.07, 6.45) is 4.09. The highest BCUT2D eigenvalue weighted by Gasteiger charge is 2.24. The summed E-state index contributed by atoms with van der Waals surface area (Å²) in [5.74, 6) is -0.473. The van der Waals surface area contributed by atoms with E-state index in [1.54, 1.807) is 28.0 Å². The fraction of sp³-hybridized carbons (Fsp3) is 0.300. The Balaban J connectivity index is 1.64. The van der Waals surface area contributed by atoms with Crippen LogP contribution >= 0.6 is 23.2 Å². The minimum absolute atomic E-state index is 0.198. The number of hydrogen-bond acceptors (Lipinski definition) is 4. The lowest BCUT2D eigenvalue weighted by Gasteiger charge is -2.34. The number of benzene rings is 1. The second-order valence-electron chi connectivity index (χ2n) is 6.95. The molecule has 1 aliphatic rings. The molecule has 1 saturated heterocycles. The molecule has 30 heavy (non-hydrogen) atoms. The van der Waals surface area contributed by atoms with E-state index in [-0.39, 0.29) is 17.4 Å². The number of carbonyl (C=O) groups is 2. The Morgan fingerprint density at radius 1 is 0.933 bits per heavy atom. The van der Waals surface area contributed by atoms with E-state index in [2.05, 4.69) is 0 Å². The summed E-state index contributed by atoms with van der Waals surface area (Å²) >= 11 is 11.9. The van der Waals surface area contributed by atoms with Crippen LogP contribution < -0.4 is 11.2 Å². The second-order valence-corrected chi connectivity index (χ2v) is 7.82. The van der Waals surface area contributed by atoms with Gasteiger partial charge < -0.3 is 14.4 Å². The smallest absolute Gasteiger partial charge is 0.330 e. The van der Waals surface area contributed by atoms with Crippen LogP contribution in [0.4, 0.5) is 0 Å². The summed E-state index contributed by atoms with van der Waals surface area (Å²) in [6, 6.07) is 4.67. The van der Waals surface area contributed by atoms with E-state index in [4.69, 9.17) is 23.2 Å². The van der Waals surface area contributed by atoms with Gasteiger partial charge in [0.1, 0.15) is 0 Å². The van der Waals surface area contributed by atoms with E-state index in [1.165, 1.54) is 37.0 Å². The Labute approximate surface area is 182 Å². The standard InChI is InChI=1S/C20H20Cl2N4O4/c1-23-12-13(18(28)24(2)20(23)30)3-4-17(27)25-5-7-26(8-6-25)19(29)14-9-15(21)11-16(22)10-14/h3-4,9-12H,5-8H2,1-2H3/b4-3+. The minimum Gasteiger partial charge on any atom is -0.336 e. The fourth-order valence-electron chi connectivity index (χ4n) is 3.21. The summed E-state index contributed by atoms with van der Waals surface area (Å²) in [4.78, 5) is 52.2. The van der Waals surface area contributed by atoms with E-state index in [0.717, 1.165) is 4.57 Å². The highest BCUT2D eigenvalue weighted by molar-refractivity contribution is 6.35. The first-order valence-corrected chi connectivity index (χ1v) is 9.92. The van der Waals surface area contributed by atoms with E-state index < -0.39 is 11.2 Å². The number of nitrogens with zero attached hydrogens (tertiary/aromatic N) is 4. The lowest BCUT2D eigenvalue weighted by molar-refractivity contribution is -0.127. The molecule has 158 valence electrons. The second kappa shape index (κ2) is 8.89. The highest BCUT2D eigenvalue weighted by atomic mass is 35.5. The third-order valence-electron chi connectivity index (χ3n) is 4.87. The van der Waals surface area contributed by atoms with Gasteiger partial charge in [0.25, 0.3) is 11.5 Å². The van der Waals surface area contributed by atoms with Crippen molar-refractivity contribution in [1.29, 1.82) is 0 Å². The summed E-state index contributed by atoms with van der Waals surface area (Å²) in [7, 11) is 2.91. The SMILES string of the molecule is Cn1cc(/C=C/C(=O)N2CCN(C(=O)c3cc(Cl)cc(Cl)c3)CC2)c(=O)n(C)c1=O. The first kappa shape index (κ1) is 21.9. The van der Waals surface area contributed by atoms with Gasteiger partial charge in [0, 0.05) is 68.2 Å². The third kappa shape index (κ3) is 4.66. The average molecular weight is 451 g/mol. The van der Waals surface area contributed by atoms with Crippen molar-refractivity contribution in [2.24, 2.45) is 14.1 Å². The maximum Gasteiger partial charge on any atom is 0.330 e. The van der Waals surface area contributed by atoms with Crippen molar-refractivity contribution >= 4 is 41.1 Å². The maximum atomic E-state index is 12.6. The zero-order valence-electron chi connectivity index (χ0n) is 16.5. The van der Waals surface area contributed by atoms with Crippen molar-refractivity contribution in [3.05, 3.63) is 72.5 Å². The van der Waals surface area contributed by atoms with Crippen LogP contribution in [0.2, 0.25) is 10.0 Å². The third-order valence-corrected chi connectivity index (χ3v) is 5.30. The molecular formula is C20H20Cl2N4O4. The molecule has 10 heteroatoms. The van der Waals surface area contributed by atoms with Crippen LogP contribution in [0.15, 0.2) is 40.1 Å². The molecule has 0 bridgehead atoms. The number of piperazine rings is 1. The lowest BCUT2D eigenvalue weighted by atomic mass is 10.1. The van der Waals surface area contributed by atoms with Gasteiger partial charge in [0.15, 0.2) is 0 Å². The van der Waals surface area contributed by atoms with Crippen LogP contribution in [-0.2, 0) is 18.9 Å². The first-order valence-electron chi connectivity index (χ1n) is 9.16. The predicted molar refractivity (Wildman–Crippen MR) is 115 cm³/mol. The predicted octanol–water partition coefficient (Wildman–Crippen LogP) is 1.39. The zero-order chi connectivity index (χ0) is 22.0. The Hall–Kier alpha value is -2.84. The number of hydrogen-bond donors (Lipinski definition) is 0. The zero-order valence-corrected chi connectivity index (χ0v) is 18.0. The molecule has 3 rings (SSSR count). The van der Waals surface area contributed by atoms with E-state index >= 15 is 0 Å². The molecule has 0 spiro atoms. The van der Waals surface area contributed by atoms with E-state index in [9.17, 15) is 19.2 Å². The average Bonchev–Trinajstić information content (AvgIpc) is 2.72. The van der Waals surface area contributed by atoms with Crippen molar-refractivity contribution in [1.82, 2.24) is 18.9 Å². The maximum absolute atomic E-state index is 12.6. The van der Waals surface area contributed by atoms with Crippen LogP contribution in [0.5, 0.6) is 0 Å². The Morgan fingerprint density at radius 2 is 1.50 bits per heavy atom. The highest BCUT2D eigenvalue weighted by Crippen LogP contribution is 2.20. The van der Waals surface area contributed by atoms with Crippen molar-refractivity contribution in [3.8, 4) is 0 Å². The van der Waals surface area contributed by atoms with Gasteiger partial charge in [-0.25, -0.2) is 4.79 Å². The quantitative estimate of drug-likeness (QED) is 0.661. The fourth-order valence-corrected chi connectivity index (χ4v) is 3.73. The van der Waals surface area contributed by atoms with Crippen molar-refractivity contribution in [2.75, 3.05) is 26.2 Å². The molecule has 2 aromatic rings. The minimum atomic E-state index is -0.474. The molecule has 8 nitrogen and oxygen atoms in total. The summed E-state index contributed by atoms with van der Waals surface area (Å²) in [5, 5.41) is 0.767. The monoisotopic (exact) mass is 450 g/mol. The van der Waals surface area contributed by atoms with Crippen LogP contribution in [0.25, 0.3) is 6.08 Å². The molecule has 1 aliphatic heterocycles. The molecule has 0 saturated carbocycles. The van der Waals surface area contributed by atoms with Crippen molar-refractivity contribution in [3.63, 3.8) is 0 Å². The topological polar surface area (TPSA) is 84.6 Å². The van der Waals surface area contributed by atoms with Crippen molar-refractivity contribution in [2.45, 2.75) is 0 Å². The molecule has 0 N–H and O–H groups in total. The van der Waals surface area contributed by atoms with Gasteiger partial charge >= 0.3 is 5.69 Å². The Kier molecular flexibility index (Phi) is 6.48. The molecule has 0 atom stereocenters. The number of halogens is 2. The molecule has 0 radical (unpaired) electrons. The molecule has 1 aromatic carbocycles. The largest absolute Gasteiger partial charge is 0.336 e. The molecule has 1 fully saturated rings. The lowest BCUT2D eigenvalue weighted by Crippen LogP contribution is -2.50. The Morgan fingerprint density at radius 3 is 2.10 bits per heavy atom. The van der Waals surface area contributed by atoms with Gasteiger partial charge in [-0.3, -0.25) is 19.0 Å². The molecule has 2 amide bonds. The molecule has 1 aromatic heterocycles. The molecule has 0 aliphatic carbocycles. The van der Waals surface area contributed by atoms with Crippen LogP contribution in [0.1, 0.15) is 15.9 Å². The van der Waals surface area contributed by atoms with Crippen LogP contribution in [0.3, 0.4) is 0 Å². The first-order chi connectivity index (χ1) is 14.2. The summed E-state index contributed by atoms with van der Waals surface area (Å²) < 4.78 is 2.26. The number of aromatic nitrogens is 2. The summed E-state index contributed by atoms with van der Waals surface area (Å²) in [6.45, 7) is 1.44. The number of carbonyl (C=O) groups excluding carboxylic acids is 2. The van der Waals surface area contributed by atoms with Gasteiger partial charge in [-0.05, 0) is 24.3 Å². The number of amides is 2. The van der Waals surface area contributed by atoms with Gasteiger partial charge in [-0.2, -0.15) is 0 Å². The van der Waals surface area contributed by atoms with E-state index in [1.807, 2.05) is 0 Å². The van der Waals surface area contributed by atoms with Gasteiger partial charge in [-0.15, -0.1) is 0 Å². The summed E-state index contributed by atoms with van der Waals surface area (Å²) in [5.41, 5.74) is -0.277. The van der Waals surface area contributed by atoms with Crippen LogP contribution in [-0.4, -0.2) is 56.9 Å². The molecule has 0 unspecified atom stereocenters. The number of aryl methyl sites for hydroxylation is 1. The van der Waals surface area contributed by atoms with E-state index in [0.29, 0.717) is 41.8 Å². The molecular weight excluding hydrogens is 431 g/mol. The normalized spacial score (nSPS) is 14.4. The van der Waals surface area contributed by atoms with Gasteiger partial charge in [-0.1, -0.05) is 23.2 Å². The Bertz CT molecular complexity index is 1120. The van der Waals surface area contributed by atoms with Gasteiger partial charge in [0.05, 0.1) is 5.56 Å². The molecule has 2 heterocycles. The van der Waals surface area contributed by atoms with Crippen molar-refractivity contribution < 1.29 is 9.59 Å². The van der Waals surface area contributed by atoms with Crippen LogP contribution in [0, 0.1) is 0 Å². The van der Waals surface area contributed by atoms with Gasteiger partial charge in [0.2, 0.25) is 5.91 Å². The number of rotatable bonds is 3.